The molecule has 12 N–H and O–H groups in total. The molecule has 0 unspecified atom stereocenters. The average Bonchev–Trinajstić information content (AvgIpc) is 1.59. The number of carbonyl (C=O) groups is 4. The summed E-state index contributed by atoms with van der Waals surface area (Å²) in [5, 5.41) is 57.0. The van der Waals surface area contributed by atoms with Crippen LogP contribution in [-0.2, 0) is 78.7 Å². The zero-order chi connectivity index (χ0) is 73.0. The van der Waals surface area contributed by atoms with E-state index < -0.39 is 92.3 Å². The summed E-state index contributed by atoms with van der Waals surface area (Å²) in [5.41, 5.74) is 7.35. The summed E-state index contributed by atoms with van der Waals surface area (Å²) in [4.78, 5) is 71.8. The van der Waals surface area contributed by atoms with Crippen molar-refractivity contribution in [3.8, 4) is 0 Å². The summed E-state index contributed by atoms with van der Waals surface area (Å²) in [6.45, 7) is 17.5. The van der Waals surface area contributed by atoms with E-state index in [0.717, 1.165) is 57.6 Å². The number of aromatic nitrogens is 2. The van der Waals surface area contributed by atoms with Gasteiger partial charge in [-0.05, 0) is 124 Å². The molecule has 4 amide bonds. The van der Waals surface area contributed by atoms with Gasteiger partial charge in [0.1, 0.15) is 12.1 Å². The second-order valence-electron chi connectivity index (χ2n) is 28.1. The van der Waals surface area contributed by atoms with Crippen molar-refractivity contribution in [1.29, 1.82) is 0 Å². The van der Waals surface area contributed by atoms with Crippen LogP contribution < -0.4 is 21.3 Å². The quantitative estimate of drug-likeness (QED) is 0.0418. The van der Waals surface area contributed by atoms with E-state index in [2.05, 4.69) is 50.8 Å². The molecule has 2 aliphatic heterocycles. The lowest BCUT2D eigenvalue weighted by molar-refractivity contribution is -0.132. The molecule has 0 spiro atoms. The van der Waals surface area contributed by atoms with Crippen molar-refractivity contribution in [2.45, 2.75) is 153 Å². The second-order valence-corrected chi connectivity index (χ2v) is 29.8. The van der Waals surface area contributed by atoms with Gasteiger partial charge >= 0.3 is 20.8 Å². The zero-order valence-electron chi connectivity index (χ0n) is 57.4. The molecule has 0 radical (unpaired) electrons. The van der Waals surface area contributed by atoms with Crippen LogP contribution in [0.5, 0.6) is 0 Å². The number of aliphatic hydroxyl groups is 4. The molecule has 2 fully saturated rings. The van der Waals surface area contributed by atoms with E-state index in [1.807, 2.05) is 187 Å². The van der Waals surface area contributed by atoms with Gasteiger partial charge in [0.2, 0.25) is 23.6 Å². The topological polar surface area (TPSA) is 385 Å². The molecular weight excluding hydrogens is 1320 g/mol. The van der Waals surface area contributed by atoms with Gasteiger partial charge < -0.3 is 41.7 Å². The molecule has 0 bridgehead atoms. The van der Waals surface area contributed by atoms with Crippen molar-refractivity contribution in [2.75, 3.05) is 52.4 Å². The zero-order valence-corrected chi connectivity index (χ0v) is 59.1. The highest BCUT2D eigenvalue weighted by Gasteiger charge is 2.40. The third kappa shape index (κ3) is 27.4. The SMILES string of the molecule is CC(C)(C)NC(=O)[C@@H]1CN(Cc2cccnc2)CCN1C[C@@H](O)C[C@@H](Cc1ccccc1)C(=O)N[C@H]1c2ccccc2C[C@H]1O.CC(C)(C)NC(=O)[C@@H]1CN(Cc2cccnc2)CCN1C[C@@H](O)C[C@@H](Cc1ccccc1)C(=O)N[C@H]1c2ccccc2C[C@H]1O.O=S(=O)(O)O.O=S(=O)(O)O. The Morgan fingerprint density at radius 2 is 0.820 bits per heavy atom. The molecule has 2 aliphatic carbocycles. The minimum Gasteiger partial charge on any atom is -0.392 e. The maximum Gasteiger partial charge on any atom is 0.394 e. The number of benzene rings is 4. The van der Waals surface area contributed by atoms with E-state index in [4.69, 9.17) is 35.0 Å². The lowest BCUT2D eigenvalue weighted by Crippen LogP contribution is -2.61. The summed E-state index contributed by atoms with van der Waals surface area (Å²) in [7, 11) is -9.33. The smallest absolute Gasteiger partial charge is 0.392 e. The van der Waals surface area contributed by atoms with Gasteiger partial charge in [-0.25, -0.2) is 0 Å². The van der Waals surface area contributed by atoms with E-state index in [0.29, 0.717) is 65.0 Å². The van der Waals surface area contributed by atoms with Crippen LogP contribution >= 0.6 is 0 Å². The molecule has 2 saturated heterocycles. The van der Waals surface area contributed by atoms with E-state index in [1.54, 1.807) is 12.4 Å². The standard InChI is InChI=1S/2C36H47N5O4.2H2O4S/c2*1-36(2,3)39-35(45)31-24-40(22-26-12-9-15-37-21-26)16-17-41(31)23-29(42)19-28(18-25-10-5-4-6-11-25)34(44)38-33-30-14-8-7-13-27(30)20-32(33)43;2*1-5(2,3)4/h2*4-15,21,28-29,31-33,42-43H,16-20,22-24H2,1-3H3,(H,38,44)(H,39,45);2*(H2,1,2,3,4)/t2*28-,29+,31+,32-,33+;;/m11../s1. The Morgan fingerprint density at radius 1 is 0.490 bits per heavy atom. The molecule has 4 heterocycles. The highest BCUT2D eigenvalue weighted by atomic mass is 32.3. The van der Waals surface area contributed by atoms with Gasteiger partial charge in [0.15, 0.2) is 0 Å². The van der Waals surface area contributed by atoms with Gasteiger partial charge in [-0.15, -0.1) is 0 Å². The van der Waals surface area contributed by atoms with Gasteiger partial charge in [0, 0.05) is 126 Å². The fourth-order valence-corrected chi connectivity index (χ4v) is 13.1. The number of carbonyl (C=O) groups excluding carboxylic acids is 4. The Balaban J connectivity index is 0.000000247. The van der Waals surface area contributed by atoms with Crippen LogP contribution in [0.2, 0.25) is 0 Å². The molecule has 0 saturated carbocycles. The van der Waals surface area contributed by atoms with Crippen molar-refractivity contribution in [3.05, 3.63) is 203 Å². The minimum atomic E-state index is -4.67. The lowest BCUT2D eigenvalue weighted by Gasteiger charge is -2.42. The third-order valence-corrected chi connectivity index (χ3v) is 17.4. The third-order valence-electron chi connectivity index (χ3n) is 17.4. The Hall–Kier alpha value is -7.52. The number of piperazine rings is 2. The van der Waals surface area contributed by atoms with Gasteiger partial charge in [-0.3, -0.25) is 67.0 Å². The molecule has 2 aromatic heterocycles. The van der Waals surface area contributed by atoms with Crippen LogP contribution in [-0.4, -0.2) is 209 Å². The molecular formula is C72H98N10O16S2. The average molecular weight is 1420 g/mol. The number of nitrogens with one attached hydrogen (secondary N) is 4. The molecule has 100 heavy (non-hydrogen) atoms. The first-order valence-electron chi connectivity index (χ1n) is 33.4. The number of aliphatic hydroxyl groups excluding tert-OH is 4. The van der Waals surface area contributed by atoms with Gasteiger partial charge in [0.25, 0.3) is 0 Å². The molecule has 6 aromatic rings. The molecule has 544 valence electrons. The number of rotatable bonds is 22. The number of hydrogen-bond acceptors (Lipinski definition) is 18. The fraction of sp³-hybridized carbons (Fsp3) is 0.472. The Labute approximate surface area is 586 Å². The van der Waals surface area contributed by atoms with E-state index in [9.17, 15) is 39.6 Å². The van der Waals surface area contributed by atoms with Crippen LogP contribution in [0.1, 0.15) is 111 Å². The maximum atomic E-state index is 13.8. The van der Waals surface area contributed by atoms with Crippen LogP contribution in [0.4, 0.5) is 0 Å². The highest BCUT2D eigenvalue weighted by molar-refractivity contribution is 7.80. The van der Waals surface area contributed by atoms with E-state index in [-0.39, 0.29) is 49.6 Å². The first-order chi connectivity index (χ1) is 47.1. The second kappa shape index (κ2) is 36.9. The number of hydrogen-bond donors (Lipinski definition) is 12. The predicted molar refractivity (Wildman–Crippen MR) is 376 cm³/mol. The van der Waals surface area contributed by atoms with Crippen LogP contribution in [0.25, 0.3) is 0 Å². The summed E-state index contributed by atoms with van der Waals surface area (Å²) in [6.07, 6.45) is 6.52. The number of fused-ring (bicyclic) bond motifs is 2. The van der Waals surface area contributed by atoms with Crippen LogP contribution in [0.3, 0.4) is 0 Å². The van der Waals surface area contributed by atoms with Gasteiger partial charge in [-0.2, -0.15) is 16.8 Å². The van der Waals surface area contributed by atoms with Crippen LogP contribution in [0.15, 0.2) is 158 Å². The van der Waals surface area contributed by atoms with Crippen molar-refractivity contribution in [3.63, 3.8) is 0 Å². The number of nitrogens with zero attached hydrogens (tertiary/aromatic N) is 6. The molecule has 10 rings (SSSR count). The minimum absolute atomic E-state index is 0.0712. The molecule has 28 heteroatoms. The van der Waals surface area contributed by atoms with Crippen molar-refractivity contribution < 1.29 is 74.7 Å². The molecule has 4 aliphatic rings. The Morgan fingerprint density at radius 3 is 1.15 bits per heavy atom. The fourth-order valence-electron chi connectivity index (χ4n) is 13.1. The number of β-amino-alcohol motifs (C(OH)–C–C–N with tert-alkyl or cyclic N) is 2. The highest BCUT2D eigenvalue weighted by Crippen LogP contribution is 2.34. The lowest BCUT2D eigenvalue weighted by atomic mass is 9.91. The molecule has 4 aromatic carbocycles. The molecule has 26 nitrogen and oxygen atoms in total. The summed E-state index contributed by atoms with van der Waals surface area (Å²) in [6, 6.07) is 41.3. The van der Waals surface area contributed by atoms with Gasteiger partial charge in [-0.1, -0.05) is 121 Å². The van der Waals surface area contributed by atoms with E-state index in [1.165, 1.54) is 0 Å². The first-order valence-corrected chi connectivity index (χ1v) is 36.2. The normalized spacial score (nSPS) is 20.9. The number of amides is 4. The monoisotopic (exact) mass is 1420 g/mol. The first kappa shape index (κ1) is 79.8. The maximum absolute atomic E-state index is 13.8. The summed E-state index contributed by atoms with van der Waals surface area (Å²) >= 11 is 0. The predicted octanol–water partition coefficient (Wildman–Crippen LogP) is 4.43. The van der Waals surface area contributed by atoms with Crippen molar-refractivity contribution >= 4 is 44.4 Å². The molecule has 10 atom stereocenters. The largest absolute Gasteiger partial charge is 0.394 e. The summed E-state index contributed by atoms with van der Waals surface area (Å²) < 4.78 is 63.2. The Kier molecular flexibility index (Phi) is 29.4. The van der Waals surface area contributed by atoms with Crippen molar-refractivity contribution in [1.82, 2.24) is 50.8 Å². The summed E-state index contributed by atoms with van der Waals surface area (Å²) in [5.74, 6) is -1.56. The Bertz CT molecular complexity index is 3540. The van der Waals surface area contributed by atoms with Crippen LogP contribution in [0, 0.1) is 11.8 Å². The number of pyridine rings is 2. The van der Waals surface area contributed by atoms with Gasteiger partial charge in [0.05, 0.1) is 36.5 Å². The van der Waals surface area contributed by atoms with Crippen molar-refractivity contribution in [2.24, 2.45) is 11.8 Å². The van der Waals surface area contributed by atoms with E-state index >= 15 is 0 Å².